The smallest absolute Gasteiger partial charge is 0.406 e. The van der Waals surface area contributed by atoms with Crippen LogP contribution < -0.4 is 10.4 Å². The van der Waals surface area contributed by atoms with Gasteiger partial charge in [-0.3, -0.25) is 0 Å². The van der Waals surface area contributed by atoms with Crippen molar-refractivity contribution in [2.75, 3.05) is 0 Å². The summed E-state index contributed by atoms with van der Waals surface area (Å²) < 4.78 is 47.7. The van der Waals surface area contributed by atoms with E-state index in [0.717, 1.165) is 6.39 Å². The predicted molar refractivity (Wildman–Crippen MR) is 85.0 cm³/mol. The van der Waals surface area contributed by atoms with Gasteiger partial charge in [0.15, 0.2) is 11.5 Å². The first kappa shape index (κ1) is 16.8. The Morgan fingerprint density at radius 2 is 1.81 bits per heavy atom. The monoisotopic (exact) mass is 377 g/mol. The van der Waals surface area contributed by atoms with Crippen LogP contribution in [0.2, 0.25) is 0 Å². The molecule has 0 saturated carbocycles. The van der Waals surface area contributed by atoms with Gasteiger partial charge in [-0.25, -0.2) is 13.9 Å². The molecule has 0 unspecified atom stereocenters. The van der Waals surface area contributed by atoms with Crippen molar-refractivity contribution < 1.29 is 22.4 Å². The average molecular weight is 377 g/mol. The minimum atomic E-state index is -4.75. The summed E-state index contributed by atoms with van der Waals surface area (Å²) >= 11 is 0. The Hall–Kier alpha value is -3.63. The summed E-state index contributed by atoms with van der Waals surface area (Å²) in [5.74, 6) is -0.0154. The first-order valence-electron chi connectivity index (χ1n) is 7.60. The summed E-state index contributed by atoms with van der Waals surface area (Å²) in [6, 6.07) is 8.68. The highest BCUT2D eigenvalue weighted by atomic mass is 19.4. The lowest BCUT2D eigenvalue weighted by Crippen LogP contribution is -2.22. The highest BCUT2D eigenvalue weighted by Gasteiger charge is 2.30. The third kappa shape index (κ3) is 3.52. The van der Waals surface area contributed by atoms with E-state index in [1.165, 1.54) is 33.3 Å². The molecule has 1 aromatic carbocycles. The van der Waals surface area contributed by atoms with Gasteiger partial charge in [0, 0.05) is 6.20 Å². The molecule has 11 heteroatoms. The molecule has 0 spiro atoms. The lowest BCUT2D eigenvalue weighted by molar-refractivity contribution is -0.274. The first-order chi connectivity index (χ1) is 12.9. The molecule has 0 radical (unpaired) electrons. The van der Waals surface area contributed by atoms with Crippen LogP contribution in [0.15, 0.2) is 58.3 Å². The molecule has 0 aliphatic rings. The van der Waals surface area contributed by atoms with Crippen molar-refractivity contribution >= 4 is 5.65 Å². The third-order valence-corrected chi connectivity index (χ3v) is 3.70. The first-order valence-corrected chi connectivity index (χ1v) is 7.60. The lowest BCUT2D eigenvalue weighted by Gasteiger charge is -2.09. The Kier molecular flexibility index (Phi) is 3.90. The van der Waals surface area contributed by atoms with Crippen molar-refractivity contribution in [2.24, 2.45) is 0 Å². The molecule has 27 heavy (non-hydrogen) atoms. The van der Waals surface area contributed by atoms with Gasteiger partial charge >= 0.3 is 12.1 Å². The fraction of sp³-hybridized carbons (Fsp3) is 0.125. The molecular weight excluding hydrogens is 367 g/mol. The Balaban J connectivity index is 1.65. The van der Waals surface area contributed by atoms with E-state index < -0.39 is 12.1 Å². The SMILES string of the molecule is O=c1n(Cc2ncon2)nc2ccc(-c3ccc(OC(F)(F)F)cc3)cn12. The van der Waals surface area contributed by atoms with E-state index in [1.807, 2.05) is 0 Å². The summed E-state index contributed by atoms with van der Waals surface area (Å²) in [5, 5.41) is 7.81. The Morgan fingerprint density at radius 1 is 1.07 bits per heavy atom. The second-order valence-corrected chi connectivity index (χ2v) is 5.51. The van der Waals surface area contributed by atoms with Crippen LogP contribution in [0.25, 0.3) is 16.8 Å². The molecule has 138 valence electrons. The third-order valence-electron chi connectivity index (χ3n) is 3.70. The zero-order valence-electron chi connectivity index (χ0n) is 13.4. The summed E-state index contributed by atoms with van der Waals surface area (Å²) in [5.41, 5.74) is 1.24. The number of nitrogens with zero attached hydrogens (tertiary/aromatic N) is 5. The lowest BCUT2D eigenvalue weighted by atomic mass is 10.1. The van der Waals surface area contributed by atoms with E-state index in [1.54, 1.807) is 18.3 Å². The highest BCUT2D eigenvalue weighted by Crippen LogP contribution is 2.26. The topological polar surface area (TPSA) is 87.5 Å². The maximum Gasteiger partial charge on any atom is 0.573 e. The number of fused-ring (bicyclic) bond motifs is 1. The minimum absolute atomic E-state index is 0.0514. The molecule has 4 rings (SSSR count). The molecule has 3 heterocycles. The van der Waals surface area contributed by atoms with Gasteiger partial charge in [0.25, 0.3) is 0 Å². The van der Waals surface area contributed by atoms with Crippen molar-refractivity contribution in [3.05, 3.63) is 65.3 Å². The summed E-state index contributed by atoms with van der Waals surface area (Å²) in [6.45, 7) is 0.0514. The van der Waals surface area contributed by atoms with Crippen LogP contribution in [0.4, 0.5) is 13.2 Å². The van der Waals surface area contributed by atoms with Gasteiger partial charge in [-0.15, -0.1) is 18.3 Å². The van der Waals surface area contributed by atoms with Gasteiger partial charge in [0.05, 0.1) is 0 Å². The van der Waals surface area contributed by atoms with Crippen LogP contribution in [0.3, 0.4) is 0 Å². The standard InChI is InChI=1S/C16H10F3N5O3/c17-16(18,19)27-12-4-1-10(2-5-12)11-3-6-14-21-24(15(25)23(14)7-11)8-13-20-9-26-22-13/h1-7,9H,8H2. The largest absolute Gasteiger partial charge is 0.573 e. The number of benzene rings is 1. The minimum Gasteiger partial charge on any atom is -0.406 e. The fourth-order valence-corrected chi connectivity index (χ4v) is 2.54. The van der Waals surface area contributed by atoms with Gasteiger partial charge in [-0.05, 0) is 35.4 Å². The van der Waals surface area contributed by atoms with Crippen molar-refractivity contribution in [1.29, 1.82) is 0 Å². The second kappa shape index (κ2) is 6.27. The summed E-state index contributed by atoms with van der Waals surface area (Å²) in [7, 11) is 0. The van der Waals surface area contributed by atoms with Crippen molar-refractivity contribution in [1.82, 2.24) is 24.3 Å². The van der Waals surface area contributed by atoms with E-state index in [9.17, 15) is 18.0 Å². The highest BCUT2D eigenvalue weighted by molar-refractivity contribution is 5.65. The van der Waals surface area contributed by atoms with E-state index in [-0.39, 0.29) is 12.3 Å². The second-order valence-electron chi connectivity index (χ2n) is 5.51. The van der Waals surface area contributed by atoms with E-state index >= 15 is 0 Å². The Morgan fingerprint density at radius 3 is 2.48 bits per heavy atom. The number of pyridine rings is 1. The van der Waals surface area contributed by atoms with Crippen molar-refractivity contribution in [3.63, 3.8) is 0 Å². The Labute approximate surface area is 148 Å². The molecule has 4 aromatic rings. The molecule has 0 atom stereocenters. The molecule has 8 nitrogen and oxygen atoms in total. The number of aromatic nitrogens is 5. The number of hydrogen-bond donors (Lipinski definition) is 0. The van der Waals surface area contributed by atoms with Gasteiger partial charge < -0.3 is 9.26 Å². The van der Waals surface area contributed by atoms with Crippen LogP contribution in [0.5, 0.6) is 5.75 Å². The molecule has 0 bridgehead atoms. The van der Waals surface area contributed by atoms with Crippen LogP contribution in [-0.4, -0.2) is 30.7 Å². The molecular formula is C16H10F3N5O3. The summed E-state index contributed by atoms with van der Waals surface area (Å²) in [4.78, 5) is 16.3. The van der Waals surface area contributed by atoms with Crippen molar-refractivity contribution in [2.45, 2.75) is 12.9 Å². The van der Waals surface area contributed by atoms with E-state index in [0.29, 0.717) is 22.6 Å². The fourth-order valence-electron chi connectivity index (χ4n) is 2.54. The number of rotatable bonds is 4. The molecule has 0 fully saturated rings. The van der Waals surface area contributed by atoms with Gasteiger partial charge in [0.2, 0.25) is 6.39 Å². The molecule has 0 aliphatic carbocycles. The van der Waals surface area contributed by atoms with Gasteiger partial charge in [-0.2, -0.15) is 4.98 Å². The van der Waals surface area contributed by atoms with Crippen LogP contribution in [0, 0.1) is 0 Å². The number of ether oxygens (including phenoxy) is 1. The maximum atomic E-state index is 12.5. The zero-order valence-corrected chi connectivity index (χ0v) is 13.4. The van der Waals surface area contributed by atoms with Gasteiger partial charge in [0.1, 0.15) is 12.3 Å². The van der Waals surface area contributed by atoms with E-state index in [4.69, 9.17) is 0 Å². The molecule has 3 aromatic heterocycles. The predicted octanol–water partition coefficient (Wildman–Crippen LogP) is 2.49. The molecule has 0 saturated heterocycles. The summed E-state index contributed by atoms with van der Waals surface area (Å²) in [6.07, 6.45) is -2.04. The van der Waals surface area contributed by atoms with Crippen LogP contribution in [0.1, 0.15) is 5.82 Å². The quantitative estimate of drug-likeness (QED) is 0.543. The maximum absolute atomic E-state index is 12.5. The number of halogens is 3. The van der Waals surface area contributed by atoms with Crippen LogP contribution in [-0.2, 0) is 6.54 Å². The molecule has 0 amide bonds. The van der Waals surface area contributed by atoms with Crippen LogP contribution >= 0.6 is 0 Å². The Bertz CT molecular complexity index is 1130. The number of alkyl halides is 3. The normalized spacial score (nSPS) is 11.8. The van der Waals surface area contributed by atoms with E-state index in [2.05, 4.69) is 24.5 Å². The zero-order chi connectivity index (χ0) is 19.0. The average Bonchev–Trinajstić information content (AvgIpc) is 3.23. The number of hydrogen-bond acceptors (Lipinski definition) is 6. The van der Waals surface area contributed by atoms with Gasteiger partial charge in [-0.1, -0.05) is 17.3 Å². The van der Waals surface area contributed by atoms with Crippen molar-refractivity contribution in [3.8, 4) is 16.9 Å². The molecule has 0 N–H and O–H groups in total. The molecule has 0 aliphatic heterocycles.